The number of aromatic nitrogens is 3. The van der Waals surface area contributed by atoms with E-state index in [9.17, 15) is 9.59 Å². The molecule has 0 spiro atoms. The van der Waals surface area contributed by atoms with Gasteiger partial charge < -0.3 is 15.2 Å². The Labute approximate surface area is 231 Å². The summed E-state index contributed by atoms with van der Waals surface area (Å²) in [5, 5.41) is 16.1. The first-order chi connectivity index (χ1) is 16.5. The lowest BCUT2D eigenvalue weighted by atomic mass is 10.0. The molecule has 0 saturated heterocycles. The van der Waals surface area contributed by atoms with E-state index in [1.54, 1.807) is 23.7 Å². The average Bonchev–Trinajstić information content (AvgIpc) is 3.15. The Balaban J connectivity index is 1.69. The van der Waals surface area contributed by atoms with Gasteiger partial charge in [0, 0.05) is 12.6 Å². The molecule has 2 N–H and O–H groups in total. The average molecular weight is 596 g/mol. The van der Waals surface area contributed by atoms with Gasteiger partial charge in [0.15, 0.2) is 11.0 Å². The summed E-state index contributed by atoms with van der Waals surface area (Å²) in [7, 11) is 1.77. The van der Waals surface area contributed by atoms with Gasteiger partial charge in [0.25, 0.3) is 5.91 Å². The number of thioether (sulfide) groups is 1. The number of nitrogens with zero attached hydrogens (tertiary/aromatic N) is 3. The minimum atomic E-state index is -0.437. The quantitative estimate of drug-likeness (QED) is 0.218. The minimum absolute atomic E-state index is 0.00238. The molecule has 1 atom stereocenters. The molecule has 3 aromatic rings. The zero-order chi connectivity index (χ0) is 25.9. The van der Waals surface area contributed by atoms with E-state index < -0.39 is 6.04 Å². The number of hydrogen-bond donors (Lipinski definition) is 2. The van der Waals surface area contributed by atoms with Crippen LogP contribution in [0.25, 0.3) is 0 Å². The molecule has 2 amide bonds. The second-order valence-electron chi connectivity index (χ2n) is 7.81. The Morgan fingerprint density at radius 1 is 0.943 bits per heavy atom. The molecule has 1 aromatic heterocycles. The van der Waals surface area contributed by atoms with Crippen LogP contribution in [0, 0.1) is 5.92 Å². The van der Waals surface area contributed by atoms with Crippen LogP contribution in [0.1, 0.15) is 36.1 Å². The van der Waals surface area contributed by atoms with Gasteiger partial charge in [-0.25, -0.2) is 0 Å². The van der Waals surface area contributed by atoms with Crippen molar-refractivity contribution >= 4 is 87.3 Å². The smallest absolute Gasteiger partial charge is 0.251 e. The molecule has 35 heavy (non-hydrogen) atoms. The molecule has 0 fully saturated rings. The third-order valence-electron chi connectivity index (χ3n) is 4.90. The summed E-state index contributed by atoms with van der Waals surface area (Å²) in [4.78, 5) is 25.3. The number of carbonyl (C=O) groups excluding carboxylic acids is 2. The fourth-order valence-corrected chi connectivity index (χ4v) is 4.66. The molecular weight excluding hydrogens is 576 g/mol. The largest absolute Gasteiger partial charge is 0.342 e. The molecule has 1 heterocycles. The van der Waals surface area contributed by atoms with E-state index in [2.05, 4.69) is 20.8 Å². The Morgan fingerprint density at radius 3 is 2.26 bits per heavy atom. The van der Waals surface area contributed by atoms with Crippen LogP contribution in [-0.4, -0.2) is 32.3 Å². The zero-order valence-corrected chi connectivity index (χ0v) is 23.3. The number of anilines is 1. The van der Waals surface area contributed by atoms with E-state index in [0.29, 0.717) is 32.3 Å². The maximum Gasteiger partial charge on any atom is 0.251 e. The summed E-state index contributed by atoms with van der Waals surface area (Å²) in [6, 6.07) is 7.18. The summed E-state index contributed by atoms with van der Waals surface area (Å²) in [6.07, 6.45) is 0. The van der Waals surface area contributed by atoms with Crippen molar-refractivity contribution in [2.75, 3.05) is 11.1 Å². The van der Waals surface area contributed by atoms with Crippen LogP contribution < -0.4 is 10.6 Å². The predicted octanol–water partition coefficient (Wildman–Crippen LogP) is 6.94. The van der Waals surface area contributed by atoms with Gasteiger partial charge >= 0.3 is 0 Å². The van der Waals surface area contributed by atoms with Gasteiger partial charge in [-0.2, -0.15) is 0 Å². The van der Waals surface area contributed by atoms with Crippen molar-refractivity contribution in [3.8, 4) is 0 Å². The van der Waals surface area contributed by atoms with E-state index in [1.165, 1.54) is 30.0 Å². The zero-order valence-electron chi connectivity index (χ0n) is 18.7. The molecule has 0 unspecified atom stereocenters. The summed E-state index contributed by atoms with van der Waals surface area (Å²) < 4.78 is 1.74. The van der Waals surface area contributed by atoms with E-state index in [0.717, 1.165) is 0 Å². The molecule has 0 aliphatic rings. The van der Waals surface area contributed by atoms with E-state index >= 15 is 0 Å². The first-order valence-corrected chi connectivity index (χ1v) is 13.1. The normalized spacial score (nSPS) is 12.0. The molecule has 0 aliphatic carbocycles. The Bertz CT molecular complexity index is 1270. The molecule has 3 rings (SSSR count). The highest BCUT2D eigenvalue weighted by atomic mass is 35.5. The third-order valence-corrected chi connectivity index (χ3v) is 7.69. The van der Waals surface area contributed by atoms with Gasteiger partial charge in [0.05, 0.1) is 42.6 Å². The van der Waals surface area contributed by atoms with Gasteiger partial charge in [-0.05, 0) is 36.2 Å². The third kappa shape index (κ3) is 6.96. The topological polar surface area (TPSA) is 88.9 Å². The minimum Gasteiger partial charge on any atom is -0.342 e. The number of benzene rings is 2. The number of halogens is 5. The monoisotopic (exact) mass is 593 g/mol. The molecule has 186 valence electrons. The van der Waals surface area contributed by atoms with Gasteiger partial charge in [-0.1, -0.05) is 83.6 Å². The SMILES string of the molecule is CC(C)[C@H](NC(=O)c1ccc(Cl)c(Cl)c1)c1nnc(SCC(=O)Nc2cc(Cl)c(Cl)cc2Cl)n1C. The number of carbonyl (C=O) groups is 2. The lowest BCUT2D eigenvalue weighted by Gasteiger charge is -2.22. The highest BCUT2D eigenvalue weighted by Crippen LogP contribution is 2.32. The second kappa shape index (κ2) is 12.0. The Kier molecular flexibility index (Phi) is 9.60. The molecule has 13 heteroatoms. The first-order valence-electron chi connectivity index (χ1n) is 10.2. The van der Waals surface area contributed by atoms with Crippen molar-refractivity contribution in [3.63, 3.8) is 0 Å². The van der Waals surface area contributed by atoms with Crippen molar-refractivity contribution in [1.82, 2.24) is 20.1 Å². The number of rotatable bonds is 8. The number of amides is 2. The van der Waals surface area contributed by atoms with Crippen molar-refractivity contribution < 1.29 is 9.59 Å². The molecular formula is C22H20Cl5N5O2S. The second-order valence-corrected chi connectivity index (χ2v) is 10.8. The number of nitrogens with one attached hydrogen (secondary N) is 2. The van der Waals surface area contributed by atoms with E-state index in [4.69, 9.17) is 58.0 Å². The molecule has 0 bridgehead atoms. The van der Waals surface area contributed by atoms with Crippen molar-refractivity contribution in [2.24, 2.45) is 13.0 Å². The van der Waals surface area contributed by atoms with Crippen molar-refractivity contribution in [1.29, 1.82) is 0 Å². The van der Waals surface area contributed by atoms with Gasteiger partial charge in [0.1, 0.15) is 0 Å². The number of hydrogen-bond acceptors (Lipinski definition) is 5. The predicted molar refractivity (Wildman–Crippen MR) is 143 cm³/mol. The lowest BCUT2D eigenvalue weighted by molar-refractivity contribution is -0.113. The van der Waals surface area contributed by atoms with E-state index in [-0.39, 0.29) is 38.6 Å². The van der Waals surface area contributed by atoms with Crippen molar-refractivity contribution in [2.45, 2.75) is 25.0 Å². The maximum absolute atomic E-state index is 12.8. The molecule has 0 aliphatic heterocycles. The summed E-state index contributed by atoms with van der Waals surface area (Å²) >= 11 is 31.2. The van der Waals surface area contributed by atoms with Crippen LogP contribution in [0.2, 0.25) is 25.1 Å². The highest BCUT2D eigenvalue weighted by Gasteiger charge is 2.25. The fourth-order valence-electron chi connectivity index (χ4n) is 3.05. The summed E-state index contributed by atoms with van der Waals surface area (Å²) in [6.45, 7) is 3.91. The summed E-state index contributed by atoms with van der Waals surface area (Å²) in [5.74, 6) is -0.0400. The van der Waals surface area contributed by atoms with Gasteiger partial charge in [-0.3, -0.25) is 9.59 Å². The van der Waals surface area contributed by atoms with Crippen LogP contribution in [0.15, 0.2) is 35.5 Å². The first kappa shape index (κ1) is 27.9. The van der Waals surface area contributed by atoms with Crippen LogP contribution >= 0.6 is 69.8 Å². The molecule has 0 saturated carbocycles. The Morgan fingerprint density at radius 2 is 1.60 bits per heavy atom. The fraction of sp³-hybridized carbons (Fsp3) is 0.273. The molecule has 0 radical (unpaired) electrons. The van der Waals surface area contributed by atoms with Crippen LogP contribution in [-0.2, 0) is 11.8 Å². The lowest BCUT2D eigenvalue weighted by Crippen LogP contribution is -2.33. The molecule has 7 nitrogen and oxygen atoms in total. The summed E-state index contributed by atoms with van der Waals surface area (Å²) in [5.41, 5.74) is 0.731. The van der Waals surface area contributed by atoms with Gasteiger partial charge in [-0.15, -0.1) is 10.2 Å². The van der Waals surface area contributed by atoms with Crippen LogP contribution in [0.3, 0.4) is 0 Å². The highest BCUT2D eigenvalue weighted by molar-refractivity contribution is 7.99. The Hall–Kier alpha value is -1.68. The standard InChI is InChI=1S/C22H20Cl5N5O2S/c1-10(2)19(29-21(34)11-4-5-12(23)13(24)6-11)20-30-31-22(32(20)3)35-9-18(33)28-17-8-15(26)14(25)7-16(17)27/h4-8,10,19H,9H2,1-3H3,(H,28,33)(H,29,34)/t19-/m0/s1. The van der Waals surface area contributed by atoms with E-state index in [1.807, 2.05) is 13.8 Å². The maximum atomic E-state index is 12.8. The van der Waals surface area contributed by atoms with Crippen LogP contribution in [0.4, 0.5) is 5.69 Å². The van der Waals surface area contributed by atoms with Gasteiger partial charge in [0.2, 0.25) is 5.91 Å². The van der Waals surface area contributed by atoms with Crippen LogP contribution in [0.5, 0.6) is 0 Å². The van der Waals surface area contributed by atoms with Crippen molar-refractivity contribution in [3.05, 3.63) is 66.8 Å². The molecule has 2 aromatic carbocycles.